The van der Waals surface area contributed by atoms with Gasteiger partial charge in [-0.25, -0.2) is 9.97 Å². The number of benzene rings is 1. The third kappa shape index (κ3) is 3.01. The highest BCUT2D eigenvalue weighted by molar-refractivity contribution is 9.10. The Balaban J connectivity index is 2.14. The number of carbonyl (C=O) groups excluding carboxylic acids is 1. The summed E-state index contributed by atoms with van der Waals surface area (Å²) in [7, 11) is 0. The number of rotatable bonds is 2. The van der Waals surface area contributed by atoms with Crippen molar-refractivity contribution in [2.75, 3.05) is 11.1 Å². The number of amides is 1. The minimum absolute atomic E-state index is 0.172. The number of anilines is 2. The van der Waals surface area contributed by atoms with E-state index in [1.165, 1.54) is 12.4 Å². The lowest BCUT2D eigenvalue weighted by atomic mass is 10.2. The molecule has 1 amide bonds. The highest BCUT2D eigenvalue weighted by Crippen LogP contribution is 2.13. The molecule has 3 N–H and O–H groups in total. The van der Waals surface area contributed by atoms with Gasteiger partial charge in [-0.2, -0.15) is 0 Å². The molecule has 0 bridgehead atoms. The highest BCUT2D eigenvalue weighted by Gasteiger charge is 2.06. The van der Waals surface area contributed by atoms with Crippen molar-refractivity contribution in [1.82, 2.24) is 9.97 Å². The molecule has 0 saturated carbocycles. The van der Waals surface area contributed by atoms with E-state index >= 15 is 0 Å². The maximum Gasteiger partial charge on any atom is 0.255 e. The molecule has 2 aromatic rings. The van der Waals surface area contributed by atoms with Crippen molar-refractivity contribution in [3.05, 3.63) is 46.7 Å². The van der Waals surface area contributed by atoms with Gasteiger partial charge in [0.25, 0.3) is 5.91 Å². The number of halogens is 1. The van der Waals surface area contributed by atoms with Crippen LogP contribution in [0.5, 0.6) is 0 Å². The molecule has 86 valence electrons. The van der Waals surface area contributed by atoms with Crippen LogP contribution in [0.1, 0.15) is 10.4 Å². The molecule has 0 fully saturated rings. The number of carbonyl (C=O) groups is 1. The molecular weight excluding hydrogens is 284 g/mol. The zero-order valence-corrected chi connectivity index (χ0v) is 10.3. The first-order valence-corrected chi connectivity index (χ1v) is 5.59. The summed E-state index contributed by atoms with van der Waals surface area (Å²) in [4.78, 5) is 19.4. The van der Waals surface area contributed by atoms with Gasteiger partial charge in [0, 0.05) is 10.0 Å². The van der Waals surface area contributed by atoms with Crippen LogP contribution < -0.4 is 11.1 Å². The van der Waals surface area contributed by atoms with Crippen LogP contribution in [0.4, 0.5) is 11.6 Å². The molecule has 0 aliphatic carbocycles. The van der Waals surface area contributed by atoms with Crippen molar-refractivity contribution in [3.63, 3.8) is 0 Å². The average Bonchev–Trinajstić information content (AvgIpc) is 2.32. The summed E-state index contributed by atoms with van der Waals surface area (Å²) in [6.45, 7) is 0. The summed E-state index contributed by atoms with van der Waals surface area (Å²) in [5.74, 6) is -0.0508. The fourth-order valence-electron chi connectivity index (χ4n) is 1.24. The molecule has 1 aromatic heterocycles. The number of nitrogen functional groups attached to an aromatic ring is 1. The molecule has 6 heteroatoms. The van der Waals surface area contributed by atoms with Crippen molar-refractivity contribution >= 4 is 33.5 Å². The third-order valence-electron chi connectivity index (χ3n) is 2.02. The average molecular weight is 293 g/mol. The fourth-order valence-corrected chi connectivity index (χ4v) is 1.63. The van der Waals surface area contributed by atoms with Crippen molar-refractivity contribution in [1.29, 1.82) is 0 Å². The van der Waals surface area contributed by atoms with E-state index in [-0.39, 0.29) is 11.9 Å². The molecule has 17 heavy (non-hydrogen) atoms. The first-order valence-electron chi connectivity index (χ1n) is 4.79. The summed E-state index contributed by atoms with van der Waals surface area (Å²) < 4.78 is 0.846. The van der Waals surface area contributed by atoms with E-state index in [2.05, 4.69) is 31.2 Å². The van der Waals surface area contributed by atoms with Gasteiger partial charge in [-0.05, 0) is 18.2 Å². The second-order valence-electron chi connectivity index (χ2n) is 3.29. The van der Waals surface area contributed by atoms with Crippen LogP contribution in [0.2, 0.25) is 0 Å². The Labute approximate surface area is 106 Å². The Morgan fingerprint density at radius 3 is 2.65 bits per heavy atom. The van der Waals surface area contributed by atoms with Crippen molar-refractivity contribution in [3.8, 4) is 0 Å². The maximum absolute atomic E-state index is 11.8. The van der Waals surface area contributed by atoms with E-state index in [0.717, 1.165) is 4.47 Å². The van der Waals surface area contributed by atoms with E-state index in [1.807, 2.05) is 6.07 Å². The Bertz CT molecular complexity index is 541. The van der Waals surface area contributed by atoms with Gasteiger partial charge >= 0.3 is 0 Å². The molecule has 1 heterocycles. The number of nitrogens with one attached hydrogen (secondary N) is 1. The van der Waals surface area contributed by atoms with Gasteiger partial charge in [0.2, 0.25) is 5.95 Å². The van der Waals surface area contributed by atoms with Crippen molar-refractivity contribution in [2.45, 2.75) is 0 Å². The zero-order chi connectivity index (χ0) is 12.3. The number of hydrogen-bond acceptors (Lipinski definition) is 4. The van der Waals surface area contributed by atoms with Gasteiger partial charge in [-0.1, -0.05) is 22.0 Å². The third-order valence-corrected chi connectivity index (χ3v) is 2.51. The molecule has 0 unspecified atom stereocenters. The first-order chi connectivity index (χ1) is 8.15. The predicted octanol–water partition coefficient (Wildman–Crippen LogP) is 2.07. The molecule has 0 saturated heterocycles. The van der Waals surface area contributed by atoms with E-state index in [1.54, 1.807) is 18.2 Å². The number of aromatic nitrogens is 2. The lowest BCUT2D eigenvalue weighted by Gasteiger charge is -2.04. The first kappa shape index (κ1) is 11.5. The van der Waals surface area contributed by atoms with E-state index in [0.29, 0.717) is 11.3 Å². The summed E-state index contributed by atoms with van der Waals surface area (Å²) >= 11 is 3.30. The molecule has 1 aromatic carbocycles. The molecular formula is C11H9BrN4O. The van der Waals surface area contributed by atoms with Gasteiger partial charge in [-0.3, -0.25) is 4.79 Å². The molecule has 5 nitrogen and oxygen atoms in total. The lowest BCUT2D eigenvalue weighted by Crippen LogP contribution is -2.12. The Morgan fingerprint density at radius 1 is 1.29 bits per heavy atom. The molecule has 0 aliphatic heterocycles. The largest absolute Gasteiger partial charge is 0.368 e. The summed E-state index contributed by atoms with van der Waals surface area (Å²) in [6, 6.07) is 7.09. The van der Waals surface area contributed by atoms with Gasteiger partial charge in [0.15, 0.2) is 0 Å². The van der Waals surface area contributed by atoms with Gasteiger partial charge in [0.1, 0.15) is 0 Å². The monoisotopic (exact) mass is 292 g/mol. The molecule has 0 radical (unpaired) electrons. The molecule has 0 aliphatic rings. The quantitative estimate of drug-likeness (QED) is 0.888. The van der Waals surface area contributed by atoms with E-state index in [4.69, 9.17) is 5.73 Å². The smallest absolute Gasteiger partial charge is 0.255 e. The summed E-state index contributed by atoms with van der Waals surface area (Å²) in [6.07, 6.45) is 2.91. The highest BCUT2D eigenvalue weighted by atomic mass is 79.9. The summed E-state index contributed by atoms with van der Waals surface area (Å²) in [5, 5.41) is 2.67. The van der Waals surface area contributed by atoms with Crippen LogP contribution in [-0.4, -0.2) is 15.9 Å². The van der Waals surface area contributed by atoms with Crippen molar-refractivity contribution < 1.29 is 4.79 Å². The van der Waals surface area contributed by atoms with Crippen LogP contribution in [0, 0.1) is 0 Å². The topological polar surface area (TPSA) is 80.9 Å². The lowest BCUT2D eigenvalue weighted by molar-refractivity contribution is 0.102. The van der Waals surface area contributed by atoms with Crippen LogP contribution in [0.25, 0.3) is 0 Å². The predicted molar refractivity (Wildman–Crippen MR) is 68.5 cm³/mol. The van der Waals surface area contributed by atoms with E-state index in [9.17, 15) is 4.79 Å². The normalized spacial score (nSPS) is 9.94. The van der Waals surface area contributed by atoms with Crippen LogP contribution in [-0.2, 0) is 0 Å². The standard InChI is InChI=1S/C11H9BrN4O/c12-8-3-1-2-7(4-8)10(17)16-9-5-14-11(13)15-6-9/h1-6H,(H,16,17)(H2,13,14,15). The SMILES string of the molecule is Nc1ncc(NC(=O)c2cccc(Br)c2)cn1. The zero-order valence-electron chi connectivity index (χ0n) is 8.72. The number of hydrogen-bond donors (Lipinski definition) is 2. The second kappa shape index (κ2) is 4.92. The molecule has 0 spiro atoms. The second-order valence-corrected chi connectivity index (χ2v) is 4.21. The molecule has 2 rings (SSSR count). The Hall–Kier alpha value is -1.95. The fraction of sp³-hybridized carbons (Fsp3) is 0. The van der Waals surface area contributed by atoms with Crippen LogP contribution >= 0.6 is 15.9 Å². The number of nitrogens with zero attached hydrogens (tertiary/aromatic N) is 2. The van der Waals surface area contributed by atoms with Crippen LogP contribution in [0.3, 0.4) is 0 Å². The number of nitrogens with two attached hydrogens (primary N) is 1. The summed E-state index contributed by atoms with van der Waals surface area (Å²) in [5.41, 5.74) is 6.40. The maximum atomic E-state index is 11.8. The van der Waals surface area contributed by atoms with Gasteiger partial charge in [0.05, 0.1) is 18.1 Å². The van der Waals surface area contributed by atoms with E-state index < -0.39 is 0 Å². The Morgan fingerprint density at radius 2 is 2.00 bits per heavy atom. The van der Waals surface area contributed by atoms with Gasteiger partial charge in [-0.15, -0.1) is 0 Å². The minimum Gasteiger partial charge on any atom is -0.368 e. The van der Waals surface area contributed by atoms with Crippen LogP contribution in [0.15, 0.2) is 41.1 Å². The molecule has 0 atom stereocenters. The van der Waals surface area contributed by atoms with Crippen molar-refractivity contribution in [2.24, 2.45) is 0 Å². The minimum atomic E-state index is -0.223. The van der Waals surface area contributed by atoms with Gasteiger partial charge < -0.3 is 11.1 Å². The Kier molecular flexibility index (Phi) is 3.34.